The lowest BCUT2D eigenvalue weighted by Gasteiger charge is -2.09. The van der Waals surface area contributed by atoms with Crippen LogP contribution in [0.4, 0.5) is 11.4 Å². The molecule has 2 amide bonds. The van der Waals surface area contributed by atoms with Gasteiger partial charge < -0.3 is 10.6 Å². The fourth-order valence-corrected chi connectivity index (χ4v) is 3.98. The highest BCUT2D eigenvalue weighted by molar-refractivity contribution is 9.10. The number of halogens is 1. The summed E-state index contributed by atoms with van der Waals surface area (Å²) in [4.78, 5) is 32.7. The maximum atomic E-state index is 13.1. The topological polar surface area (TPSA) is 115 Å². The van der Waals surface area contributed by atoms with Crippen molar-refractivity contribution in [2.24, 2.45) is 0 Å². The van der Waals surface area contributed by atoms with Crippen LogP contribution in [-0.2, 0) is 10.5 Å². The Balaban J connectivity index is 1.60. The quantitative estimate of drug-likeness (QED) is 0.273. The second kappa shape index (κ2) is 10.4. The number of nitrogens with one attached hydrogen (secondary N) is 2. The maximum absolute atomic E-state index is 13.1. The lowest BCUT2D eigenvalue weighted by molar-refractivity contribution is -0.114. The fourth-order valence-electron chi connectivity index (χ4n) is 2.92. The standard InChI is InChI=1S/C22H18BrN7O2S/c1-14(31)26-16-5-7-17(8-6-16)27-21(32)20-19(13-33-22-24-11-2-12-25-22)30(29-28-20)18-9-3-15(23)4-10-18/h2-12H,13H2,1H3,(H,26,31)(H,27,32). The third-order valence-corrected chi connectivity index (χ3v) is 5.81. The minimum atomic E-state index is -0.393. The van der Waals surface area contributed by atoms with Gasteiger partial charge in [0.2, 0.25) is 5.91 Å². The number of hydrogen-bond acceptors (Lipinski definition) is 7. The molecule has 0 atom stereocenters. The molecule has 0 aliphatic rings. The molecule has 0 aliphatic heterocycles. The molecular weight excluding hydrogens is 506 g/mol. The van der Waals surface area contributed by atoms with Gasteiger partial charge >= 0.3 is 0 Å². The molecule has 0 saturated carbocycles. The van der Waals surface area contributed by atoms with Gasteiger partial charge in [-0.1, -0.05) is 32.9 Å². The van der Waals surface area contributed by atoms with E-state index in [0.29, 0.717) is 28.0 Å². The smallest absolute Gasteiger partial charge is 0.278 e. The molecule has 0 spiro atoms. The number of thioether (sulfide) groups is 1. The second-order valence-electron chi connectivity index (χ2n) is 6.81. The third kappa shape index (κ3) is 5.82. The first-order valence-electron chi connectivity index (χ1n) is 9.79. The van der Waals surface area contributed by atoms with E-state index in [4.69, 9.17) is 0 Å². The molecule has 4 aromatic rings. The number of carbonyl (C=O) groups excluding carboxylic acids is 2. The summed E-state index contributed by atoms with van der Waals surface area (Å²) in [5, 5.41) is 14.5. The summed E-state index contributed by atoms with van der Waals surface area (Å²) in [5.74, 6) is -0.173. The molecule has 166 valence electrons. The molecule has 2 aromatic carbocycles. The SMILES string of the molecule is CC(=O)Nc1ccc(NC(=O)c2nnn(-c3ccc(Br)cc3)c2CSc2ncccn2)cc1. The van der Waals surface area contributed by atoms with Crippen LogP contribution in [0.5, 0.6) is 0 Å². The van der Waals surface area contributed by atoms with Gasteiger partial charge in [0.05, 0.1) is 11.4 Å². The van der Waals surface area contributed by atoms with E-state index in [9.17, 15) is 9.59 Å². The zero-order valence-electron chi connectivity index (χ0n) is 17.4. The van der Waals surface area contributed by atoms with Crippen molar-refractivity contribution in [3.63, 3.8) is 0 Å². The minimum absolute atomic E-state index is 0.166. The molecule has 0 saturated heterocycles. The van der Waals surface area contributed by atoms with Gasteiger partial charge in [0, 0.05) is 40.9 Å². The van der Waals surface area contributed by atoms with Gasteiger partial charge in [0.1, 0.15) is 0 Å². The summed E-state index contributed by atoms with van der Waals surface area (Å²) in [6.45, 7) is 1.43. The summed E-state index contributed by atoms with van der Waals surface area (Å²) in [6.07, 6.45) is 3.33. The second-order valence-corrected chi connectivity index (χ2v) is 8.66. The van der Waals surface area contributed by atoms with Crippen molar-refractivity contribution in [3.8, 4) is 5.69 Å². The largest absolute Gasteiger partial charge is 0.326 e. The summed E-state index contributed by atoms with van der Waals surface area (Å²) in [6, 6.07) is 16.1. The van der Waals surface area contributed by atoms with Gasteiger partial charge in [-0.3, -0.25) is 9.59 Å². The third-order valence-electron chi connectivity index (χ3n) is 4.39. The van der Waals surface area contributed by atoms with Gasteiger partial charge in [-0.25, -0.2) is 14.6 Å². The Bertz CT molecular complexity index is 1260. The molecule has 2 N–H and O–H groups in total. The van der Waals surface area contributed by atoms with Crippen molar-refractivity contribution >= 4 is 50.9 Å². The molecule has 2 heterocycles. The Kier molecular flexibility index (Phi) is 7.10. The van der Waals surface area contributed by atoms with Gasteiger partial charge in [0.15, 0.2) is 10.9 Å². The number of rotatable bonds is 7. The molecule has 33 heavy (non-hydrogen) atoms. The van der Waals surface area contributed by atoms with Crippen LogP contribution in [0.3, 0.4) is 0 Å². The van der Waals surface area contributed by atoms with Crippen LogP contribution in [0.2, 0.25) is 0 Å². The zero-order chi connectivity index (χ0) is 23.2. The first-order valence-corrected chi connectivity index (χ1v) is 11.6. The monoisotopic (exact) mass is 523 g/mol. The number of nitrogens with zero attached hydrogens (tertiary/aromatic N) is 5. The van der Waals surface area contributed by atoms with Gasteiger partial charge in [-0.15, -0.1) is 5.10 Å². The van der Waals surface area contributed by atoms with Crippen LogP contribution < -0.4 is 10.6 Å². The van der Waals surface area contributed by atoms with Crippen molar-refractivity contribution in [1.82, 2.24) is 25.0 Å². The van der Waals surface area contributed by atoms with Crippen molar-refractivity contribution in [1.29, 1.82) is 0 Å². The highest BCUT2D eigenvalue weighted by Crippen LogP contribution is 2.24. The van der Waals surface area contributed by atoms with Gasteiger partial charge in [0.25, 0.3) is 5.91 Å². The minimum Gasteiger partial charge on any atom is -0.326 e. The predicted molar refractivity (Wildman–Crippen MR) is 129 cm³/mol. The van der Waals surface area contributed by atoms with Crippen molar-refractivity contribution < 1.29 is 9.59 Å². The van der Waals surface area contributed by atoms with E-state index in [2.05, 4.69) is 46.8 Å². The first kappa shape index (κ1) is 22.6. The number of amides is 2. The lowest BCUT2D eigenvalue weighted by Crippen LogP contribution is -2.15. The zero-order valence-corrected chi connectivity index (χ0v) is 19.8. The molecule has 11 heteroatoms. The van der Waals surface area contributed by atoms with E-state index in [0.717, 1.165) is 10.2 Å². The summed E-state index contributed by atoms with van der Waals surface area (Å²) < 4.78 is 2.57. The van der Waals surface area contributed by atoms with Crippen LogP contribution in [-0.4, -0.2) is 36.8 Å². The van der Waals surface area contributed by atoms with Gasteiger partial charge in [-0.05, 0) is 54.6 Å². The Labute approximate surface area is 202 Å². The number of aromatic nitrogens is 5. The van der Waals surface area contributed by atoms with Crippen LogP contribution >= 0.6 is 27.7 Å². The summed E-state index contributed by atoms with van der Waals surface area (Å²) >= 11 is 4.81. The van der Waals surface area contributed by atoms with Crippen LogP contribution in [0.1, 0.15) is 23.1 Å². The molecule has 2 aromatic heterocycles. The average Bonchev–Trinajstić information content (AvgIpc) is 3.24. The summed E-state index contributed by atoms with van der Waals surface area (Å²) in [7, 11) is 0. The van der Waals surface area contributed by atoms with Crippen LogP contribution in [0.25, 0.3) is 5.69 Å². The molecule has 4 rings (SSSR count). The van der Waals surface area contributed by atoms with E-state index < -0.39 is 5.91 Å². The molecule has 0 bridgehead atoms. The average molecular weight is 524 g/mol. The molecule has 0 unspecified atom stereocenters. The Hall–Kier alpha value is -3.57. The first-order chi connectivity index (χ1) is 16.0. The molecule has 9 nitrogen and oxygen atoms in total. The highest BCUT2D eigenvalue weighted by Gasteiger charge is 2.21. The Morgan fingerprint density at radius 1 is 0.970 bits per heavy atom. The molecule has 0 fully saturated rings. The van der Waals surface area contributed by atoms with Gasteiger partial charge in [-0.2, -0.15) is 0 Å². The normalized spacial score (nSPS) is 10.6. The fraction of sp³-hybridized carbons (Fsp3) is 0.0909. The molecular formula is C22H18BrN7O2S. The molecule has 0 aliphatic carbocycles. The number of hydrogen-bond donors (Lipinski definition) is 2. The molecule has 0 radical (unpaired) electrons. The van der Waals surface area contributed by atoms with Crippen LogP contribution in [0, 0.1) is 0 Å². The van der Waals surface area contributed by atoms with E-state index in [1.807, 2.05) is 24.3 Å². The number of anilines is 2. The van der Waals surface area contributed by atoms with E-state index in [1.54, 1.807) is 47.4 Å². The Morgan fingerprint density at radius 3 is 2.24 bits per heavy atom. The van der Waals surface area contributed by atoms with E-state index >= 15 is 0 Å². The van der Waals surface area contributed by atoms with Crippen molar-refractivity contribution in [2.45, 2.75) is 17.8 Å². The van der Waals surface area contributed by atoms with Crippen molar-refractivity contribution in [2.75, 3.05) is 10.6 Å². The maximum Gasteiger partial charge on any atom is 0.278 e. The van der Waals surface area contributed by atoms with Crippen molar-refractivity contribution in [3.05, 3.63) is 82.9 Å². The number of benzene rings is 2. The summed E-state index contributed by atoms with van der Waals surface area (Å²) in [5.41, 5.74) is 2.79. The highest BCUT2D eigenvalue weighted by atomic mass is 79.9. The number of carbonyl (C=O) groups is 2. The van der Waals surface area contributed by atoms with Crippen LogP contribution in [0.15, 0.2) is 76.6 Å². The lowest BCUT2D eigenvalue weighted by atomic mass is 10.2. The Morgan fingerprint density at radius 2 is 1.61 bits per heavy atom. The van der Waals surface area contributed by atoms with E-state index in [1.165, 1.54) is 18.7 Å². The predicted octanol–water partition coefficient (Wildman–Crippen LogP) is 4.32. The van der Waals surface area contributed by atoms with E-state index in [-0.39, 0.29) is 11.6 Å².